The van der Waals surface area contributed by atoms with Gasteiger partial charge in [0.05, 0.1) is 0 Å². The van der Waals surface area contributed by atoms with Crippen molar-refractivity contribution in [2.24, 2.45) is 11.7 Å². The second kappa shape index (κ2) is 4.96. The first-order valence-corrected chi connectivity index (χ1v) is 6.89. The third kappa shape index (κ3) is 2.66. The van der Waals surface area contributed by atoms with Gasteiger partial charge in [-0.1, -0.05) is 0 Å². The summed E-state index contributed by atoms with van der Waals surface area (Å²) >= 11 is 0. The summed E-state index contributed by atoms with van der Waals surface area (Å²) in [5.74, 6) is 1.01. The van der Waals surface area contributed by atoms with Crippen LogP contribution in [-0.2, 0) is 5.54 Å². The molecule has 5 heteroatoms. The summed E-state index contributed by atoms with van der Waals surface area (Å²) in [6.07, 6.45) is 4.50. The van der Waals surface area contributed by atoms with Crippen molar-refractivity contribution in [1.29, 1.82) is 0 Å². The second-order valence-electron chi connectivity index (χ2n) is 6.44. The molecule has 0 spiro atoms. The Labute approximate surface area is 114 Å². The standard InChI is InChI=1S/C14H24N4O/c1-10-7-11(8-15)9-17(10)12-13(19)18(6-5-16-12)14(2,3)4/h5-6,10-11H,7-9,15H2,1-4H3. The minimum absolute atomic E-state index is 0.0143. The molecule has 1 aromatic heterocycles. The number of rotatable bonds is 2. The van der Waals surface area contributed by atoms with Gasteiger partial charge >= 0.3 is 0 Å². The van der Waals surface area contributed by atoms with E-state index in [0.29, 0.717) is 24.3 Å². The minimum Gasteiger partial charge on any atom is -0.349 e. The molecule has 0 amide bonds. The van der Waals surface area contributed by atoms with Gasteiger partial charge in [-0.3, -0.25) is 4.79 Å². The molecular formula is C14H24N4O. The van der Waals surface area contributed by atoms with E-state index in [0.717, 1.165) is 13.0 Å². The van der Waals surface area contributed by atoms with Crippen LogP contribution in [0.15, 0.2) is 17.2 Å². The lowest BCUT2D eigenvalue weighted by Crippen LogP contribution is -2.40. The van der Waals surface area contributed by atoms with Gasteiger partial charge in [-0.05, 0) is 46.6 Å². The van der Waals surface area contributed by atoms with E-state index < -0.39 is 0 Å². The van der Waals surface area contributed by atoms with Crippen molar-refractivity contribution in [2.45, 2.75) is 45.7 Å². The Morgan fingerprint density at radius 1 is 1.47 bits per heavy atom. The van der Waals surface area contributed by atoms with E-state index in [1.54, 1.807) is 17.0 Å². The van der Waals surface area contributed by atoms with E-state index >= 15 is 0 Å². The van der Waals surface area contributed by atoms with Crippen LogP contribution in [-0.4, -0.2) is 28.7 Å². The number of hydrogen-bond donors (Lipinski definition) is 1. The quantitative estimate of drug-likeness (QED) is 0.871. The molecule has 106 valence electrons. The molecule has 1 fully saturated rings. The van der Waals surface area contributed by atoms with Crippen LogP contribution in [0.2, 0.25) is 0 Å². The van der Waals surface area contributed by atoms with Crippen LogP contribution in [0.1, 0.15) is 34.1 Å². The first-order chi connectivity index (χ1) is 8.84. The number of aromatic nitrogens is 2. The van der Waals surface area contributed by atoms with Gasteiger partial charge in [-0.2, -0.15) is 0 Å². The summed E-state index contributed by atoms with van der Waals surface area (Å²) in [7, 11) is 0. The SMILES string of the molecule is CC1CC(CN)CN1c1nccn(C(C)(C)C)c1=O. The molecule has 1 aliphatic heterocycles. The number of hydrogen-bond acceptors (Lipinski definition) is 4. The molecule has 2 rings (SSSR count). The first kappa shape index (κ1) is 14.1. The molecule has 1 saturated heterocycles. The molecule has 1 aliphatic rings. The van der Waals surface area contributed by atoms with Crippen LogP contribution >= 0.6 is 0 Å². The van der Waals surface area contributed by atoms with Crippen LogP contribution in [0.3, 0.4) is 0 Å². The number of nitrogens with zero attached hydrogens (tertiary/aromatic N) is 3. The molecule has 0 saturated carbocycles. The van der Waals surface area contributed by atoms with E-state index in [1.807, 2.05) is 20.8 Å². The number of anilines is 1. The molecule has 2 N–H and O–H groups in total. The van der Waals surface area contributed by atoms with E-state index in [9.17, 15) is 4.79 Å². The fraction of sp³-hybridized carbons (Fsp3) is 0.714. The van der Waals surface area contributed by atoms with Crippen molar-refractivity contribution in [2.75, 3.05) is 18.0 Å². The Morgan fingerprint density at radius 2 is 2.16 bits per heavy atom. The smallest absolute Gasteiger partial charge is 0.293 e. The van der Waals surface area contributed by atoms with E-state index in [-0.39, 0.29) is 11.1 Å². The zero-order chi connectivity index (χ0) is 14.2. The Hall–Kier alpha value is -1.36. The lowest BCUT2D eigenvalue weighted by molar-refractivity contribution is 0.382. The first-order valence-electron chi connectivity index (χ1n) is 6.89. The van der Waals surface area contributed by atoms with Crippen molar-refractivity contribution in [3.8, 4) is 0 Å². The minimum atomic E-state index is -0.231. The maximum atomic E-state index is 12.6. The van der Waals surface area contributed by atoms with Gasteiger partial charge in [0.2, 0.25) is 0 Å². The Bertz CT molecular complexity index is 503. The highest BCUT2D eigenvalue weighted by molar-refractivity contribution is 5.39. The topological polar surface area (TPSA) is 64.2 Å². The lowest BCUT2D eigenvalue weighted by Gasteiger charge is -2.26. The third-order valence-corrected chi connectivity index (χ3v) is 3.81. The summed E-state index contributed by atoms with van der Waals surface area (Å²) < 4.78 is 1.75. The largest absolute Gasteiger partial charge is 0.349 e. The molecule has 2 unspecified atom stereocenters. The third-order valence-electron chi connectivity index (χ3n) is 3.81. The van der Waals surface area contributed by atoms with Crippen molar-refractivity contribution >= 4 is 5.82 Å². The number of nitrogens with two attached hydrogens (primary N) is 1. The molecule has 0 bridgehead atoms. The fourth-order valence-corrected chi connectivity index (χ4v) is 2.73. The Balaban J connectivity index is 2.39. The molecule has 1 aromatic rings. The molecule has 2 atom stereocenters. The predicted molar refractivity (Wildman–Crippen MR) is 77.5 cm³/mol. The maximum absolute atomic E-state index is 12.6. The summed E-state index contributed by atoms with van der Waals surface area (Å²) in [6.45, 7) is 9.69. The van der Waals surface area contributed by atoms with Gasteiger partial charge in [0.15, 0.2) is 5.82 Å². The van der Waals surface area contributed by atoms with Gasteiger partial charge in [0.25, 0.3) is 5.56 Å². The normalized spacial score (nSPS) is 23.9. The van der Waals surface area contributed by atoms with Crippen LogP contribution in [0, 0.1) is 5.92 Å². The average Bonchev–Trinajstić information content (AvgIpc) is 2.69. The van der Waals surface area contributed by atoms with Crippen LogP contribution in [0.25, 0.3) is 0 Å². The molecule has 0 aliphatic carbocycles. The summed E-state index contributed by atoms with van der Waals surface area (Å²) in [6, 6.07) is 0.324. The molecule has 2 heterocycles. The molecule has 5 nitrogen and oxygen atoms in total. The summed E-state index contributed by atoms with van der Waals surface area (Å²) in [5, 5.41) is 0. The van der Waals surface area contributed by atoms with Gasteiger partial charge < -0.3 is 15.2 Å². The Morgan fingerprint density at radius 3 is 2.68 bits per heavy atom. The molecule has 0 aromatic carbocycles. The predicted octanol–water partition coefficient (Wildman–Crippen LogP) is 1.17. The fourth-order valence-electron chi connectivity index (χ4n) is 2.73. The average molecular weight is 264 g/mol. The summed E-state index contributed by atoms with van der Waals surface area (Å²) in [4.78, 5) is 19.0. The van der Waals surface area contributed by atoms with Crippen LogP contribution in [0.5, 0.6) is 0 Å². The zero-order valence-electron chi connectivity index (χ0n) is 12.3. The van der Waals surface area contributed by atoms with Crippen molar-refractivity contribution in [1.82, 2.24) is 9.55 Å². The lowest BCUT2D eigenvalue weighted by atomic mass is 10.1. The van der Waals surface area contributed by atoms with Gasteiger partial charge in [-0.15, -0.1) is 0 Å². The zero-order valence-corrected chi connectivity index (χ0v) is 12.3. The van der Waals surface area contributed by atoms with E-state index in [2.05, 4.69) is 16.8 Å². The van der Waals surface area contributed by atoms with Crippen LogP contribution < -0.4 is 16.2 Å². The van der Waals surface area contributed by atoms with E-state index in [1.165, 1.54) is 0 Å². The van der Waals surface area contributed by atoms with Crippen molar-refractivity contribution < 1.29 is 0 Å². The maximum Gasteiger partial charge on any atom is 0.293 e. The monoisotopic (exact) mass is 264 g/mol. The molecular weight excluding hydrogens is 240 g/mol. The highest BCUT2D eigenvalue weighted by Gasteiger charge is 2.31. The van der Waals surface area contributed by atoms with Gasteiger partial charge in [0, 0.05) is 30.5 Å². The van der Waals surface area contributed by atoms with Crippen molar-refractivity contribution in [3.63, 3.8) is 0 Å². The van der Waals surface area contributed by atoms with Gasteiger partial charge in [0.1, 0.15) is 0 Å². The van der Waals surface area contributed by atoms with Crippen LogP contribution in [0.4, 0.5) is 5.82 Å². The van der Waals surface area contributed by atoms with Gasteiger partial charge in [-0.25, -0.2) is 4.98 Å². The molecule has 19 heavy (non-hydrogen) atoms. The highest BCUT2D eigenvalue weighted by atomic mass is 16.1. The van der Waals surface area contributed by atoms with E-state index in [4.69, 9.17) is 5.73 Å². The second-order valence-corrected chi connectivity index (χ2v) is 6.44. The Kier molecular flexibility index (Phi) is 3.67. The summed E-state index contributed by atoms with van der Waals surface area (Å²) in [5.41, 5.74) is 5.50. The molecule has 0 radical (unpaired) electrons. The van der Waals surface area contributed by atoms with Crippen molar-refractivity contribution in [3.05, 3.63) is 22.7 Å². The highest BCUT2D eigenvalue weighted by Crippen LogP contribution is 2.25.